The third kappa shape index (κ3) is 5.97. The van der Waals surface area contributed by atoms with E-state index in [1.165, 1.54) is 5.56 Å². The van der Waals surface area contributed by atoms with Crippen LogP contribution >= 0.6 is 0 Å². The molecule has 1 saturated heterocycles. The molecule has 1 aliphatic rings. The van der Waals surface area contributed by atoms with Crippen molar-refractivity contribution < 1.29 is 9.90 Å². The monoisotopic (exact) mass is 348 g/mol. The molecule has 2 heterocycles. The Morgan fingerprint density at radius 3 is 2.56 bits per heavy atom. The van der Waals surface area contributed by atoms with Gasteiger partial charge in [-0.1, -0.05) is 19.9 Å². The maximum absolute atomic E-state index is 12.4. The van der Waals surface area contributed by atoms with Crippen molar-refractivity contribution in [3.8, 4) is 0 Å². The molecule has 0 saturated carbocycles. The molecule has 0 bridgehead atoms. The molecule has 2 atom stereocenters. The van der Waals surface area contributed by atoms with Crippen molar-refractivity contribution in [2.75, 3.05) is 32.7 Å². The first-order valence-electron chi connectivity index (χ1n) is 9.13. The zero-order valence-electron chi connectivity index (χ0n) is 15.9. The summed E-state index contributed by atoms with van der Waals surface area (Å²) in [4.78, 5) is 20.9. The number of aliphatic hydroxyl groups excluding tert-OH is 1. The van der Waals surface area contributed by atoms with E-state index >= 15 is 0 Å². The molecule has 25 heavy (non-hydrogen) atoms. The second-order valence-corrected chi connectivity index (χ2v) is 7.86. The Hall–Kier alpha value is -1.66. The molecule has 1 aliphatic heterocycles. The Labute approximate surface area is 151 Å². The summed E-state index contributed by atoms with van der Waals surface area (Å²) in [5.41, 5.74) is 1.10. The topological polar surface area (TPSA) is 68.7 Å². The summed E-state index contributed by atoms with van der Waals surface area (Å²) in [7, 11) is 0. The van der Waals surface area contributed by atoms with Crippen molar-refractivity contribution in [3.63, 3.8) is 0 Å². The Bertz CT molecular complexity index is 540. The van der Waals surface area contributed by atoms with Crippen molar-refractivity contribution in [1.29, 1.82) is 0 Å². The summed E-state index contributed by atoms with van der Waals surface area (Å²) in [5, 5.41) is 12.6. The Morgan fingerprint density at radius 2 is 2.00 bits per heavy atom. The minimum atomic E-state index is -0.357. The predicted molar refractivity (Wildman–Crippen MR) is 99.3 cm³/mol. The molecule has 0 spiro atoms. The zero-order chi connectivity index (χ0) is 18.4. The molecule has 1 fully saturated rings. The number of amides is 2. The van der Waals surface area contributed by atoms with Crippen molar-refractivity contribution in [2.45, 2.75) is 46.3 Å². The highest BCUT2D eigenvalue weighted by molar-refractivity contribution is 5.74. The van der Waals surface area contributed by atoms with Gasteiger partial charge in [-0.3, -0.25) is 9.88 Å². The number of pyridine rings is 1. The number of aromatic nitrogens is 1. The summed E-state index contributed by atoms with van der Waals surface area (Å²) in [5.74, 6) is 0. The third-order valence-corrected chi connectivity index (χ3v) is 4.88. The van der Waals surface area contributed by atoms with Gasteiger partial charge < -0.3 is 15.3 Å². The molecule has 2 rings (SSSR count). The first-order valence-corrected chi connectivity index (χ1v) is 9.13. The number of rotatable bonds is 6. The van der Waals surface area contributed by atoms with E-state index in [9.17, 15) is 9.90 Å². The van der Waals surface area contributed by atoms with Crippen LogP contribution < -0.4 is 5.32 Å². The number of carbonyl (C=O) groups excluding carboxylic acids is 1. The van der Waals surface area contributed by atoms with Gasteiger partial charge in [0.25, 0.3) is 0 Å². The van der Waals surface area contributed by atoms with Crippen LogP contribution in [0.3, 0.4) is 0 Å². The molecule has 2 unspecified atom stereocenters. The normalized spacial score (nSPS) is 18.7. The Kier molecular flexibility index (Phi) is 6.79. The number of hydrogen-bond acceptors (Lipinski definition) is 4. The lowest BCUT2D eigenvalue weighted by molar-refractivity contribution is 0.107. The van der Waals surface area contributed by atoms with Gasteiger partial charge in [0, 0.05) is 51.2 Å². The van der Waals surface area contributed by atoms with Gasteiger partial charge in [0.15, 0.2) is 0 Å². The average molecular weight is 348 g/mol. The fourth-order valence-corrected chi connectivity index (χ4v) is 3.44. The molecule has 6 nitrogen and oxygen atoms in total. The molecule has 1 aromatic heterocycles. The van der Waals surface area contributed by atoms with Gasteiger partial charge in [0.2, 0.25) is 0 Å². The van der Waals surface area contributed by atoms with Gasteiger partial charge in [-0.05, 0) is 37.3 Å². The van der Waals surface area contributed by atoms with Crippen molar-refractivity contribution in [2.24, 2.45) is 5.41 Å². The third-order valence-electron chi connectivity index (χ3n) is 4.88. The second kappa shape index (κ2) is 8.63. The van der Waals surface area contributed by atoms with Crippen molar-refractivity contribution in [1.82, 2.24) is 20.1 Å². The molecule has 1 aromatic rings. The van der Waals surface area contributed by atoms with Gasteiger partial charge >= 0.3 is 6.03 Å². The minimum Gasteiger partial charge on any atom is -0.393 e. The fourth-order valence-electron chi connectivity index (χ4n) is 3.44. The number of nitrogens with zero attached hydrogens (tertiary/aromatic N) is 3. The lowest BCUT2D eigenvalue weighted by Gasteiger charge is -2.38. The van der Waals surface area contributed by atoms with Gasteiger partial charge in [-0.2, -0.15) is 0 Å². The highest BCUT2D eigenvalue weighted by Crippen LogP contribution is 2.22. The minimum absolute atomic E-state index is 0.00708. The van der Waals surface area contributed by atoms with Gasteiger partial charge in [-0.15, -0.1) is 0 Å². The quantitative estimate of drug-likeness (QED) is 0.827. The van der Waals surface area contributed by atoms with Crippen LogP contribution in [0.5, 0.6) is 0 Å². The van der Waals surface area contributed by atoms with Crippen LogP contribution in [0, 0.1) is 5.41 Å². The maximum atomic E-state index is 12.4. The second-order valence-electron chi connectivity index (χ2n) is 7.86. The molecular formula is C19H32N4O2. The molecule has 2 amide bonds. The van der Waals surface area contributed by atoms with E-state index in [0.717, 1.165) is 26.2 Å². The molecular weight excluding hydrogens is 316 g/mol. The Morgan fingerprint density at radius 1 is 1.32 bits per heavy atom. The highest BCUT2D eigenvalue weighted by Gasteiger charge is 2.26. The lowest BCUT2D eigenvalue weighted by Crippen LogP contribution is -2.53. The molecule has 2 N–H and O–H groups in total. The molecule has 140 valence electrons. The first kappa shape index (κ1) is 19.7. The van der Waals surface area contributed by atoms with Gasteiger partial charge in [-0.25, -0.2) is 4.79 Å². The number of nitrogens with one attached hydrogen (secondary N) is 1. The van der Waals surface area contributed by atoms with Crippen LogP contribution in [0.25, 0.3) is 0 Å². The highest BCUT2D eigenvalue weighted by atomic mass is 16.3. The summed E-state index contributed by atoms with van der Waals surface area (Å²) < 4.78 is 0. The largest absolute Gasteiger partial charge is 0.393 e. The summed E-state index contributed by atoms with van der Waals surface area (Å²) in [6.45, 7) is 11.9. The SMILES string of the molecule is CC(O)CC(C)(C)CNC(=O)N1CCN(C(C)c2cccnc2)CC1. The van der Waals surface area contributed by atoms with Crippen molar-refractivity contribution in [3.05, 3.63) is 30.1 Å². The summed E-state index contributed by atoms with van der Waals surface area (Å²) in [6, 6.07) is 4.36. The van der Waals surface area contributed by atoms with Crippen LogP contribution in [-0.4, -0.2) is 64.7 Å². The Balaban J connectivity index is 1.78. The predicted octanol–water partition coefficient (Wildman–Crippen LogP) is 2.27. The standard InChI is InChI=1S/C19H32N4O2/c1-15(24)12-19(3,4)14-21-18(25)23-10-8-22(9-11-23)16(2)17-6-5-7-20-13-17/h5-7,13,15-16,24H,8-12,14H2,1-4H3,(H,21,25). The van der Waals surface area contributed by atoms with E-state index < -0.39 is 0 Å². The van der Waals surface area contributed by atoms with Gasteiger partial charge in [0.1, 0.15) is 0 Å². The van der Waals surface area contributed by atoms with E-state index in [1.807, 2.05) is 17.2 Å². The zero-order valence-corrected chi connectivity index (χ0v) is 15.9. The fraction of sp³-hybridized carbons (Fsp3) is 0.684. The molecule has 6 heteroatoms. The molecule has 0 aliphatic carbocycles. The maximum Gasteiger partial charge on any atom is 0.317 e. The van der Waals surface area contributed by atoms with Crippen LogP contribution in [0.4, 0.5) is 4.79 Å². The van der Waals surface area contributed by atoms with Crippen LogP contribution in [0.2, 0.25) is 0 Å². The summed E-state index contributed by atoms with van der Waals surface area (Å²) >= 11 is 0. The average Bonchev–Trinajstić information content (AvgIpc) is 2.59. The van der Waals surface area contributed by atoms with E-state index in [-0.39, 0.29) is 17.6 Å². The van der Waals surface area contributed by atoms with Crippen molar-refractivity contribution >= 4 is 6.03 Å². The molecule has 0 radical (unpaired) electrons. The van der Waals surface area contributed by atoms with Crippen LogP contribution in [0.1, 0.15) is 45.7 Å². The number of urea groups is 1. The van der Waals surface area contributed by atoms with E-state index in [2.05, 4.69) is 42.0 Å². The number of carbonyl (C=O) groups is 1. The van der Waals surface area contributed by atoms with Gasteiger partial charge in [0.05, 0.1) is 6.10 Å². The van der Waals surface area contributed by atoms with E-state index in [4.69, 9.17) is 0 Å². The lowest BCUT2D eigenvalue weighted by atomic mass is 9.87. The molecule has 0 aromatic carbocycles. The first-order chi connectivity index (χ1) is 11.8. The van der Waals surface area contributed by atoms with Crippen LogP contribution in [-0.2, 0) is 0 Å². The number of hydrogen-bond donors (Lipinski definition) is 2. The summed E-state index contributed by atoms with van der Waals surface area (Å²) in [6.07, 6.45) is 4.01. The van der Waals surface area contributed by atoms with E-state index in [0.29, 0.717) is 19.0 Å². The number of piperazine rings is 1. The van der Waals surface area contributed by atoms with Crippen LogP contribution in [0.15, 0.2) is 24.5 Å². The smallest absolute Gasteiger partial charge is 0.317 e. The van der Waals surface area contributed by atoms with E-state index in [1.54, 1.807) is 13.1 Å². The number of aliphatic hydroxyl groups is 1.